The summed E-state index contributed by atoms with van der Waals surface area (Å²) in [5.41, 5.74) is 5.24. The van der Waals surface area contributed by atoms with E-state index in [0.29, 0.717) is 24.3 Å². The number of aromatic nitrogens is 4. The Morgan fingerprint density at radius 3 is 2.58 bits per heavy atom. The second kappa shape index (κ2) is 8.23. The van der Waals surface area contributed by atoms with Crippen LogP contribution in [0.15, 0.2) is 54.9 Å². The molecule has 1 aliphatic heterocycles. The molecule has 0 spiro atoms. The van der Waals surface area contributed by atoms with Gasteiger partial charge in [0.05, 0.1) is 30.3 Å². The molecule has 31 heavy (non-hydrogen) atoms. The molecule has 1 fully saturated rings. The van der Waals surface area contributed by atoms with Crippen molar-refractivity contribution in [2.45, 2.75) is 19.5 Å². The predicted octanol–water partition coefficient (Wildman–Crippen LogP) is 3.89. The third-order valence-electron chi connectivity index (χ3n) is 5.23. The number of rotatable bonds is 7. The summed E-state index contributed by atoms with van der Waals surface area (Å²) in [6.07, 6.45) is 3.47. The first-order valence-electron chi connectivity index (χ1n) is 10.2. The van der Waals surface area contributed by atoms with Crippen LogP contribution in [0.25, 0.3) is 11.0 Å². The van der Waals surface area contributed by atoms with E-state index in [2.05, 4.69) is 37.3 Å². The Morgan fingerprint density at radius 1 is 1.10 bits per heavy atom. The highest BCUT2D eigenvalue weighted by Gasteiger charge is 2.18. The highest BCUT2D eigenvalue weighted by atomic mass is 16.5. The Morgan fingerprint density at radius 2 is 1.87 bits per heavy atom. The van der Waals surface area contributed by atoms with E-state index in [9.17, 15) is 0 Å². The topological polar surface area (TPSA) is 86.1 Å². The molecule has 1 aliphatic rings. The molecule has 4 aromatic rings. The summed E-state index contributed by atoms with van der Waals surface area (Å²) >= 11 is 0. The molecule has 3 heterocycles. The first-order valence-corrected chi connectivity index (χ1v) is 10.2. The summed E-state index contributed by atoms with van der Waals surface area (Å²) < 4.78 is 13.0. The van der Waals surface area contributed by atoms with Gasteiger partial charge < -0.3 is 24.7 Å². The van der Waals surface area contributed by atoms with Crippen molar-refractivity contribution >= 4 is 22.7 Å². The standard InChI is InChI=1S/C23H24N6O2/c1-15-10-25-23(26-11-15)31-19-6-3-16(4-7-19)12-24-22-28-20-8-5-17(9-21(20)29(22)2)27-18-13-30-14-18/h3-11,18,27H,12-14H2,1-2H3,(H,24,28). The molecule has 0 aliphatic carbocycles. The quantitative estimate of drug-likeness (QED) is 0.473. The molecule has 0 radical (unpaired) electrons. The maximum absolute atomic E-state index is 5.69. The Hall–Kier alpha value is -3.65. The van der Waals surface area contributed by atoms with E-state index in [1.54, 1.807) is 12.4 Å². The first kappa shape index (κ1) is 19.3. The molecular weight excluding hydrogens is 392 g/mol. The van der Waals surface area contributed by atoms with Gasteiger partial charge in [0.15, 0.2) is 0 Å². The largest absolute Gasteiger partial charge is 0.424 e. The predicted molar refractivity (Wildman–Crippen MR) is 120 cm³/mol. The lowest BCUT2D eigenvalue weighted by molar-refractivity contribution is 0.0211. The third kappa shape index (κ3) is 4.29. The van der Waals surface area contributed by atoms with Crippen molar-refractivity contribution in [3.8, 4) is 11.8 Å². The molecule has 1 saturated heterocycles. The smallest absolute Gasteiger partial charge is 0.321 e. The van der Waals surface area contributed by atoms with Crippen LogP contribution in [0.2, 0.25) is 0 Å². The van der Waals surface area contributed by atoms with Gasteiger partial charge in [-0.05, 0) is 48.4 Å². The van der Waals surface area contributed by atoms with Gasteiger partial charge in [0.25, 0.3) is 0 Å². The second-order valence-corrected chi connectivity index (χ2v) is 7.72. The van der Waals surface area contributed by atoms with E-state index in [1.807, 2.05) is 44.3 Å². The molecule has 0 bridgehead atoms. The highest BCUT2D eigenvalue weighted by Crippen LogP contribution is 2.24. The first-order chi connectivity index (χ1) is 15.1. The monoisotopic (exact) mass is 416 g/mol. The average Bonchev–Trinajstić information content (AvgIpc) is 3.07. The Kier molecular flexibility index (Phi) is 5.13. The van der Waals surface area contributed by atoms with Crippen LogP contribution in [0, 0.1) is 6.92 Å². The van der Waals surface area contributed by atoms with Crippen molar-refractivity contribution in [1.29, 1.82) is 0 Å². The van der Waals surface area contributed by atoms with Crippen LogP contribution in [0.4, 0.5) is 11.6 Å². The molecule has 0 atom stereocenters. The fraction of sp³-hybridized carbons (Fsp3) is 0.261. The molecule has 8 heteroatoms. The zero-order chi connectivity index (χ0) is 21.2. The number of nitrogens with zero attached hydrogens (tertiary/aromatic N) is 4. The number of fused-ring (bicyclic) bond motifs is 1. The van der Waals surface area contributed by atoms with Crippen LogP contribution in [-0.2, 0) is 18.3 Å². The fourth-order valence-corrected chi connectivity index (χ4v) is 3.39. The second-order valence-electron chi connectivity index (χ2n) is 7.72. The van der Waals surface area contributed by atoms with E-state index < -0.39 is 0 Å². The highest BCUT2D eigenvalue weighted by molar-refractivity contribution is 5.82. The molecule has 5 rings (SSSR count). The maximum atomic E-state index is 5.69. The van der Waals surface area contributed by atoms with Crippen molar-refractivity contribution in [2.24, 2.45) is 7.05 Å². The average molecular weight is 416 g/mol. The normalized spacial score (nSPS) is 13.7. The molecule has 2 N–H and O–H groups in total. The van der Waals surface area contributed by atoms with Crippen LogP contribution in [0.5, 0.6) is 11.8 Å². The molecule has 0 unspecified atom stereocenters. The van der Waals surface area contributed by atoms with Crippen molar-refractivity contribution < 1.29 is 9.47 Å². The SMILES string of the molecule is Cc1cnc(Oc2ccc(CNc3nc4ccc(NC5COC5)cc4n3C)cc2)nc1. The molecule has 0 saturated carbocycles. The zero-order valence-electron chi connectivity index (χ0n) is 17.5. The van der Waals surface area contributed by atoms with E-state index in [-0.39, 0.29) is 0 Å². The van der Waals surface area contributed by atoms with Gasteiger partial charge in [0.2, 0.25) is 5.95 Å². The zero-order valence-corrected chi connectivity index (χ0v) is 17.5. The number of aryl methyl sites for hydroxylation is 2. The number of imidazole rings is 1. The number of benzene rings is 2. The number of hydrogen-bond donors (Lipinski definition) is 2. The number of anilines is 2. The Bertz CT molecular complexity index is 1180. The number of ether oxygens (including phenoxy) is 2. The van der Waals surface area contributed by atoms with Crippen molar-refractivity contribution in [3.05, 3.63) is 66.0 Å². The van der Waals surface area contributed by atoms with Gasteiger partial charge in [-0.2, -0.15) is 0 Å². The lowest BCUT2D eigenvalue weighted by Crippen LogP contribution is -2.40. The van der Waals surface area contributed by atoms with E-state index in [4.69, 9.17) is 14.5 Å². The molecule has 2 aromatic carbocycles. The molecule has 158 valence electrons. The van der Waals surface area contributed by atoms with Crippen molar-refractivity contribution in [2.75, 3.05) is 23.8 Å². The molecule has 8 nitrogen and oxygen atoms in total. The van der Waals surface area contributed by atoms with Crippen LogP contribution < -0.4 is 15.4 Å². The minimum Gasteiger partial charge on any atom is -0.424 e. The van der Waals surface area contributed by atoms with Gasteiger partial charge in [-0.3, -0.25) is 0 Å². The summed E-state index contributed by atoms with van der Waals surface area (Å²) in [6.45, 7) is 4.12. The van der Waals surface area contributed by atoms with Crippen LogP contribution in [0.1, 0.15) is 11.1 Å². The molecule has 0 amide bonds. The minimum absolute atomic E-state index is 0.342. The van der Waals surface area contributed by atoms with Gasteiger partial charge in [-0.15, -0.1) is 0 Å². The maximum Gasteiger partial charge on any atom is 0.321 e. The lowest BCUT2D eigenvalue weighted by Gasteiger charge is -2.27. The summed E-state index contributed by atoms with van der Waals surface area (Å²) in [5.74, 6) is 1.53. The van der Waals surface area contributed by atoms with E-state index in [1.165, 1.54) is 0 Å². The summed E-state index contributed by atoms with van der Waals surface area (Å²) in [5, 5.41) is 6.91. The lowest BCUT2D eigenvalue weighted by atomic mass is 10.2. The molecule has 2 aromatic heterocycles. The van der Waals surface area contributed by atoms with Crippen molar-refractivity contribution in [1.82, 2.24) is 19.5 Å². The van der Waals surface area contributed by atoms with Gasteiger partial charge >= 0.3 is 6.01 Å². The van der Waals surface area contributed by atoms with E-state index in [0.717, 1.165) is 47.0 Å². The summed E-state index contributed by atoms with van der Waals surface area (Å²) in [4.78, 5) is 13.1. The third-order valence-corrected chi connectivity index (χ3v) is 5.23. The van der Waals surface area contributed by atoms with Crippen LogP contribution >= 0.6 is 0 Å². The summed E-state index contributed by atoms with van der Waals surface area (Å²) in [7, 11) is 2.02. The van der Waals surface area contributed by atoms with Gasteiger partial charge in [0, 0.05) is 31.7 Å². The van der Waals surface area contributed by atoms with Gasteiger partial charge in [0.1, 0.15) is 5.75 Å². The van der Waals surface area contributed by atoms with Crippen LogP contribution in [0.3, 0.4) is 0 Å². The van der Waals surface area contributed by atoms with Crippen molar-refractivity contribution in [3.63, 3.8) is 0 Å². The Labute approximate surface area is 180 Å². The van der Waals surface area contributed by atoms with E-state index >= 15 is 0 Å². The Balaban J connectivity index is 1.23. The fourth-order valence-electron chi connectivity index (χ4n) is 3.39. The van der Waals surface area contributed by atoms with Gasteiger partial charge in [-0.25, -0.2) is 15.0 Å². The molecular formula is C23H24N6O2. The van der Waals surface area contributed by atoms with Crippen LogP contribution in [-0.4, -0.2) is 38.8 Å². The number of nitrogens with one attached hydrogen (secondary N) is 2. The summed E-state index contributed by atoms with van der Waals surface area (Å²) in [6, 6.07) is 14.8. The minimum atomic E-state index is 0.342. The van der Waals surface area contributed by atoms with Gasteiger partial charge in [-0.1, -0.05) is 12.1 Å². The number of hydrogen-bond acceptors (Lipinski definition) is 7.